The number of alkyl halides is 1. The summed E-state index contributed by atoms with van der Waals surface area (Å²) in [6.07, 6.45) is 3.02. The molecule has 1 saturated heterocycles. The first kappa shape index (κ1) is 15.4. The lowest BCUT2D eigenvalue weighted by Gasteiger charge is -2.29. The van der Waals surface area contributed by atoms with Crippen molar-refractivity contribution >= 4 is 21.9 Å². The molecule has 0 aliphatic carbocycles. The van der Waals surface area contributed by atoms with E-state index in [0.717, 1.165) is 13.0 Å². The van der Waals surface area contributed by atoms with E-state index >= 15 is 0 Å². The van der Waals surface area contributed by atoms with Crippen molar-refractivity contribution in [2.24, 2.45) is 0 Å². The Morgan fingerprint density at radius 2 is 2.55 bits per heavy atom. The SMILES string of the molecule is O=[N+]([O-])c1nccn1C[C@H](O)CN[C@H]1COCC[C@H]1Br. The summed E-state index contributed by atoms with van der Waals surface area (Å²) in [6.45, 7) is 1.79. The number of halogens is 1. The number of imidazole rings is 1. The number of aliphatic hydroxyl groups is 1. The lowest BCUT2D eigenvalue weighted by Crippen LogP contribution is -2.47. The number of nitro groups is 1. The van der Waals surface area contributed by atoms with Crippen LogP contribution < -0.4 is 5.32 Å². The summed E-state index contributed by atoms with van der Waals surface area (Å²) < 4.78 is 6.69. The number of nitrogens with zero attached hydrogens (tertiary/aromatic N) is 3. The zero-order valence-corrected chi connectivity index (χ0v) is 12.4. The third-order valence-electron chi connectivity index (χ3n) is 3.15. The monoisotopic (exact) mass is 348 g/mol. The zero-order chi connectivity index (χ0) is 14.5. The normalized spacial score (nSPS) is 24.5. The van der Waals surface area contributed by atoms with Gasteiger partial charge in [-0.25, -0.2) is 4.57 Å². The van der Waals surface area contributed by atoms with Crippen LogP contribution in [-0.2, 0) is 11.3 Å². The lowest BCUT2D eigenvalue weighted by molar-refractivity contribution is -0.397. The van der Waals surface area contributed by atoms with E-state index in [9.17, 15) is 15.2 Å². The molecular weight excluding hydrogens is 332 g/mol. The van der Waals surface area contributed by atoms with Crippen molar-refractivity contribution in [2.75, 3.05) is 19.8 Å². The Hall–Kier alpha value is -1.03. The lowest BCUT2D eigenvalue weighted by atomic mass is 10.1. The molecule has 112 valence electrons. The fourth-order valence-electron chi connectivity index (χ4n) is 2.09. The molecule has 2 N–H and O–H groups in total. The number of rotatable bonds is 6. The number of hydrogen-bond acceptors (Lipinski definition) is 6. The average molecular weight is 349 g/mol. The van der Waals surface area contributed by atoms with E-state index < -0.39 is 11.0 Å². The quantitative estimate of drug-likeness (QED) is 0.435. The van der Waals surface area contributed by atoms with Gasteiger partial charge in [-0.2, -0.15) is 0 Å². The first-order valence-corrected chi connectivity index (χ1v) is 7.28. The second kappa shape index (κ2) is 7.11. The highest BCUT2D eigenvalue weighted by atomic mass is 79.9. The van der Waals surface area contributed by atoms with Crippen molar-refractivity contribution in [1.29, 1.82) is 0 Å². The third-order valence-corrected chi connectivity index (χ3v) is 4.25. The zero-order valence-electron chi connectivity index (χ0n) is 10.8. The van der Waals surface area contributed by atoms with Crippen LogP contribution in [0.15, 0.2) is 12.4 Å². The maximum absolute atomic E-state index is 10.7. The van der Waals surface area contributed by atoms with Gasteiger partial charge < -0.3 is 25.3 Å². The summed E-state index contributed by atoms with van der Waals surface area (Å²) in [5, 5.41) is 23.9. The first-order valence-electron chi connectivity index (χ1n) is 6.36. The van der Waals surface area contributed by atoms with Gasteiger partial charge in [0.25, 0.3) is 0 Å². The van der Waals surface area contributed by atoms with Crippen LogP contribution in [0.2, 0.25) is 0 Å². The molecule has 0 radical (unpaired) electrons. The topological polar surface area (TPSA) is 102 Å². The molecule has 3 atom stereocenters. The molecule has 2 heterocycles. The van der Waals surface area contributed by atoms with Crippen LogP contribution in [0.5, 0.6) is 0 Å². The molecule has 0 amide bonds. The van der Waals surface area contributed by atoms with E-state index in [4.69, 9.17) is 4.74 Å². The minimum atomic E-state index is -0.732. The Balaban J connectivity index is 1.81. The second-order valence-electron chi connectivity index (χ2n) is 4.68. The Kier molecular flexibility index (Phi) is 5.46. The molecule has 8 nitrogen and oxygen atoms in total. The fraction of sp³-hybridized carbons (Fsp3) is 0.727. The van der Waals surface area contributed by atoms with E-state index in [-0.39, 0.29) is 18.5 Å². The highest BCUT2D eigenvalue weighted by Crippen LogP contribution is 2.16. The molecule has 0 spiro atoms. The minimum absolute atomic E-state index is 0.129. The summed E-state index contributed by atoms with van der Waals surface area (Å²) in [7, 11) is 0. The third kappa shape index (κ3) is 3.98. The van der Waals surface area contributed by atoms with E-state index in [1.54, 1.807) is 0 Å². The van der Waals surface area contributed by atoms with Gasteiger partial charge in [-0.3, -0.25) is 0 Å². The Bertz CT molecular complexity index is 455. The molecule has 1 fully saturated rings. The minimum Gasteiger partial charge on any atom is -0.390 e. The molecule has 0 unspecified atom stereocenters. The number of ether oxygens (including phenoxy) is 1. The largest absolute Gasteiger partial charge is 0.434 e. The van der Waals surface area contributed by atoms with E-state index in [2.05, 4.69) is 26.2 Å². The highest BCUT2D eigenvalue weighted by molar-refractivity contribution is 9.09. The molecule has 1 aromatic rings. The number of nitrogens with one attached hydrogen (secondary N) is 1. The molecule has 1 aliphatic rings. The van der Waals surface area contributed by atoms with Crippen LogP contribution in [0.3, 0.4) is 0 Å². The maximum atomic E-state index is 10.7. The molecule has 20 heavy (non-hydrogen) atoms. The number of aromatic nitrogens is 2. The Morgan fingerprint density at radius 1 is 1.75 bits per heavy atom. The molecule has 0 bridgehead atoms. The molecule has 1 aromatic heterocycles. The predicted molar refractivity (Wildman–Crippen MR) is 74.8 cm³/mol. The van der Waals surface area contributed by atoms with Crippen LogP contribution >= 0.6 is 15.9 Å². The Morgan fingerprint density at radius 3 is 3.25 bits per heavy atom. The summed E-state index contributed by atoms with van der Waals surface area (Å²) in [6, 6.07) is 0.135. The van der Waals surface area contributed by atoms with Gasteiger partial charge in [0.05, 0.1) is 19.3 Å². The molecule has 0 saturated carbocycles. The maximum Gasteiger partial charge on any atom is 0.434 e. The molecular formula is C11H17BrN4O4. The van der Waals surface area contributed by atoms with Gasteiger partial charge in [-0.15, -0.1) is 0 Å². The molecule has 1 aliphatic heterocycles. The van der Waals surface area contributed by atoms with Crippen molar-refractivity contribution in [3.8, 4) is 0 Å². The summed E-state index contributed by atoms with van der Waals surface area (Å²) >= 11 is 3.57. The summed E-state index contributed by atoms with van der Waals surface area (Å²) in [5.74, 6) is -0.261. The van der Waals surface area contributed by atoms with Gasteiger partial charge in [0.2, 0.25) is 0 Å². The van der Waals surface area contributed by atoms with Crippen LogP contribution in [0, 0.1) is 10.1 Å². The average Bonchev–Trinajstić information content (AvgIpc) is 2.86. The van der Waals surface area contributed by atoms with Gasteiger partial charge in [0, 0.05) is 24.0 Å². The molecule has 0 aromatic carbocycles. The smallest absolute Gasteiger partial charge is 0.390 e. The van der Waals surface area contributed by atoms with Crippen LogP contribution in [0.4, 0.5) is 5.95 Å². The summed E-state index contributed by atoms with van der Waals surface area (Å²) in [4.78, 5) is 14.1. The van der Waals surface area contributed by atoms with Crippen LogP contribution in [-0.4, -0.2) is 56.3 Å². The highest BCUT2D eigenvalue weighted by Gasteiger charge is 2.24. The predicted octanol–water partition coefficient (Wildman–Crippen LogP) is 0.294. The van der Waals surface area contributed by atoms with Gasteiger partial charge in [-0.05, 0) is 11.3 Å². The second-order valence-corrected chi connectivity index (χ2v) is 5.86. The first-order chi connectivity index (χ1) is 9.58. The van der Waals surface area contributed by atoms with E-state index in [1.807, 2.05) is 0 Å². The van der Waals surface area contributed by atoms with Crippen molar-refractivity contribution in [2.45, 2.75) is 29.9 Å². The number of hydrogen-bond donors (Lipinski definition) is 2. The van der Waals surface area contributed by atoms with Crippen molar-refractivity contribution < 1.29 is 14.8 Å². The fourth-order valence-corrected chi connectivity index (χ4v) is 2.62. The van der Waals surface area contributed by atoms with E-state index in [1.165, 1.54) is 17.0 Å². The molecule has 2 rings (SSSR count). The van der Waals surface area contributed by atoms with Crippen LogP contribution in [0.25, 0.3) is 0 Å². The van der Waals surface area contributed by atoms with Gasteiger partial charge >= 0.3 is 5.95 Å². The van der Waals surface area contributed by atoms with Crippen molar-refractivity contribution in [1.82, 2.24) is 14.9 Å². The van der Waals surface area contributed by atoms with E-state index in [0.29, 0.717) is 18.0 Å². The van der Waals surface area contributed by atoms with Crippen molar-refractivity contribution in [3.05, 3.63) is 22.5 Å². The molecule has 9 heteroatoms. The standard InChI is InChI=1S/C11H17BrN4O4/c12-9-1-4-20-7-10(9)14-5-8(17)6-15-3-2-13-11(15)16(18)19/h2-3,8-10,14,17H,1,4-7H2/t8-,9-,10+/m1/s1. The number of aliphatic hydroxyl groups excluding tert-OH is 1. The van der Waals surface area contributed by atoms with Gasteiger partial charge in [0.15, 0.2) is 0 Å². The van der Waals surface area contributed by atoms with Gasteiger partial charge in [0.1, 0.15) is 12.4 Å². The Labute approximate surface area is 124 Å². The van der Waals surface area contributed by atoms with Gasteiger partial charge in [-0.1, -0.05) is 20.9 Å². The van der Waals surface area contributed by atoms with Crippen molar-refractivity contribution in [3.63, 3.8) is 0 Å². The van der Waals surface area contributed by atoms with Crippen LogP contribution in [0.1, 0.15) is 6.42 Å². The summed E-state index contributed by atoms with van der Waals surface area (Å²) in [5.41, 5.74) is 0.